The molecular weight excluding hydrogens is 180 g/mol. The Labute approximate surface area is 96.8 Å². The number of hydrogen-bond donors (Lipinski definition) is 0. The van der Waals surface area contributed by atoms with E-state index in [9.17, 15) is 0 Å². The summed E-state index contributed by atoms with van der Waals surface area (Å²) in [4.78, 5) is 0. The minimum atomic E-state index is 0.718. The fourth-order valence-corrected chi connectivity index (χ4v) is 2.94. The third-order valence-electron chi connectivity index (χ3n) is 4.12. The lowest BCUT2D eigenvalue weighted by atomic mass is 9.72. The van der Waals surface area contributed by atoms with E-state index < -0.39 is 0 Å². The monoisotopic (exact) mass is 210 g/mol. The van der Waals surface area contributed by atoms with Crippen LogP contribution in [0.25, 0.3) is 0 Å². The zero-order valence-corrected chi connectivity index (χ0v) is 11.1. The first-order valence-corrected chi connectivity index (χ1v) is 7.12. The standard InChI is InChI=1S/C15H30/c1-14(2)10-6-4-7-11-15(3)12-8-5-9-13-15/h14H,4-13H2,1-3H3. The van der Waals surface area contributed by atoms with Gasteiger partial charge < -0.3 is 0 Å². The van der Waals surface area contributed by atoms with Crippen LogP contribution in [0.1, 0.15) is 85.0 Å². The Balaban J connectivity index is 2.03. The molecule has 0 unspecified atom stereocenters. The van der Waals surface area contributed by atoms with Crippen LogP contribution >= 0.6 is 0 Å². The highest BCUT2D eigenvalue weighted by atomic mass is 14.3. The molecule has 0 aromatic rings. The molecule has 0 bridgehead atoms. The zero-order chi connectivity index (χ0) is 11.1. The van der Waals surface area contributed by atoms with Crippen molar-refractivity contribution < 1.29 is 0 Å². The Morgan fingerprint density at radius 2 is 1.60 bits per heavy atom. The van der Waals surface area contributed by atoms with E-state index in [0.29, 0.717) is 0 Å². The van der Waals surface area contributed by atoms with Crippen LogP contribution in [0.4, 0.5) is 0 Å². The van der Waals surface area contributed by atoms with Crippen LogP contribution in [0.5, 0.6) is 0 Å². The molecule has 0 aromatic carbocycles. The topological polar surface area (TPSA) is 0 Å². The van der Waals surface area contributed by atoms with Gasteiger partial charge in [0.15, 0.2) is 0 Å². The van der Waals surface area contributed by atoms with Crippen molar-refractivity contribution in [2.45, 2.75) is 85.0 Å². The third-order valence-corrected chi connectivity index (χ3v) is 4.12. The summed E-state index contributed by atoms with van der Waals surface area (Å²) < 4.78 is 0. The van der Waals surface area contributed by atoms with Gasteiger partial charge in [-0.2, -0.15) is 0 Å². The molecule has 1 rings (SSSR count). The molecule has 0 amide bonds. The highest BCUT2D eigenvalue weighted by molar-refractivity contribution is 4.78. The summed E-state index contributed by atoms with van der Waals surface area (Å²) in [5.41, 5.74) is 0.718. The van der Waals surface area contributed by atoms with Gasteiger partial charge in [0.25, 0.3) is 0 Å². The molecule has 15 heavy (non-hydrogen) atoms. The molecule has 1 saturated carbocycles. The summed E-state index contributed by atoms with van der Waals surface area (Å²) in [6, 6.07) is 0. The van der Waals surface area contributed by atoms with Crippen molar-refractivity contribution in [3.63, 3.8) is 0 Å². The number of hydrogen-bond acceptors (Lipinski definition) is 0. The van der Waals surface area contributed by atoms with E-state index in [4.69, 9.17) is 0 Å². The summed E-state index contributed by atoms with van der Waals surface area (Å²) in [5, 5.41) is 0. The Morgan fingerprint density at radius 1 is 0.933 bits per heavy atom. The van der Waals surface area contributed by atoms with E-state index >= 15 is 0 Å². The zero-order valence-electron chi connectivity index (χ0n) is 11.1. The Hall–Kier alpha value is 0. The summed E-state index contributed by atoms with van der Waals surface area (Å²) in [6.45, 7) is 7.19. The van der Waals surface area contributed by atoms with Gasteiger partial charge in [-0.1, -0.05) is 65.7 Å². The first-order chi connectivity index (χ1) is 7.12. The van der Waals surface area contributed by atoms with Crippen molar-refractivity contribution in [2.24, 2.45) is 11.3 Å². The molecule has 0 aliphatic heterocycles. The Bertz CT molecular complexity index is 151. The van der Waals surface area contributed by atoms with Gasteiger partial charge in [0.2, 0.25) is 0 Å². The van der Waals surface area contributed by atoms with E-state index in [1.807, 2.05) is 0 Å². The maximum absolute atomic E-state index is 2.52. The summed E-state index contributed by atoms with van der Waals surface area (Å²) in [5.74, 6) is 0.898. The van der Waals surface area contributed by atoms with Gasteiger partial charge in [-0.05, 0) is 30.6 Å². The third kappa shape index (κ3) is 5.58. The van der Waals surface area contributed by atoms with Crippen molar-refractivity contribution in [1.82, 2.24) is 0 Å². The molecule has 0 nitrogen and oxygen atoms in total. The van der Waals surface area contributed by atoms with Crippen LogP contribution < -0.4 is 0 Å². The molecule has 1 aliphatic carbocycles. The lowest BCUT2D eigenvalue weighted by Crippen LogP contribution is -2.19. The lowest BCUT2D eigenvalue weighted by Gasteiger charge is -2.33. The van der Waals surface area contributed by atoms with Crippen LogP contribution in [0.15, 0.2) is 0 Å². The fraction of sp³-hybridized carbons (Fsp3) is 1.00. The van der Waals surface area contributed by atoms with Crippen molar-refractivity contribution >= 4 is 0 Å². The van der Waals surface area contributed by atoms with Crippen LogP contribution in [0.2, 0.25) is 0 Å². The normalized spacial score (nSPS) is 20.8. The first kappa shape index (κ1) is 13.1. The maximum atomic E-state index is 2.52. The van der Waals surface area contributed by atoms with E-state index in [2.05, 4.69) is 20.8 Å². The quantitative estimate of drug-likeness (QED) is 0.503. The van der Waals surface area contributed by atoms with Gasteiger partial charge in [-0.25, -0.2) is 0 Å². The second-order valence-electron chi connectivity index (χ2n) is 6.36. The Kier molecular flexibility index (Phi) is 5.71. The molecule has 1 fully saturated rings. The number of rotatable bonds is 6. The summed E-state index contributed by atoms with van der Waals surface area (Å²) >= 11 is 0. The highest BCUT2D eigenvalue weighted by Gasteiger charge is 2.25. The van der Waals surface area contributed by atoms with Crippen LogP contribution in [0.3, 0.4) is 0 Å². The van der Waals surface area contributed by atoms with Crippen LogP contribution in [-0.2, 0) is 0 Å². The molecule has 0 N–H and O–H groups in total. The first-order valence-electron chi connectivity index (χ1n) is 7.12. The molecular formula is C15H30. The van der Waals surface area contributed by atoms with Crippen molar-refractivity contribution in [1.29, 1.82) is 0 Å². The summed E-state index contributed by atoms with van der Waals surface area (Å²) in [7, 11) is 0. The Morgan fingerprint density at radius 3 is 2.20 bits per heavy atom. The average molecular weight is 210 g/mol. The molecule has 0 aromatic heterocycles. The minimum Gasteiger partial charge on any atom is -0.0628 e. The highest BCUT2D eigenvalue weighted by Crippen LogP contribution is 2.39. The second-order valence-corrected chi connectivity index (χ2v) is 6.36. The van der Waals surface area contributed by atoms with Gasteiger partial charge in [-0.3, -0.25) is 0 Å². The van der Waals surface area contributed by atoms with E-state index in [1.165, 1.54) is 64.2 Å². The van der Waals surface area contributed by atoms with Gasteiger partial charge in [0, 0.05) is 0 Å². The SMILES string of the molecule is CC(C)CCCCCC1(C)CCCCC1. The second kappa shape index (κ2) is 6.55. The predicted molar refractivity (Wildman–Crippen MR) is 69.1 cm³/mol. The van der Waals surface area contributed by atoms with Gasteiger partial charge in [0.1, 0.15) is 0 Å². The molecule has 0 radical (unpaired) electrons. The smallest absolute Gasteiger partial charge is 0.0326 e. The average Bonchev–Trinajstić information content (AvgIpc) is 2.17. The lowest BCUT2D eigenvalue weighted by molar-refractivity contribution is 0.192. The van der Waals surface area contributed by atoms with Crippen molar-refractivity contribution in [3.05, 3.63) is 0 Å². The largest absolute Gasteiger partial charge is 0.0628 e. The van der Waals surface area contributed by atoms with Crippen molar-refractivity contribution in [3.8, 4) is 0 Å². The van der Waals surface area contributed by atoms with Gasteiger partial charge in [-0.15, -0.1) is 0 Å². The van der Waals surface area contributed by atoms with E-state index in [1.54, 1.807) is 0 Å². The van der Waals surface area contributed by atoms with Crippen molar-refractivity contribution in [2.75, 3.05) is 0 Å². The fourth-order valence-electron chi connectivity index (χ4n) is 2.94. The van der Waals surface area contributed by atoms with Crippen LogP contribution in [0, 0.1) is 11.3 Å². The van der Waals surface area contributed by atoms with Gasteiger partial charge in [0.05, 0.1) is 0 Å². The van der Waals surface area contributed by atoms with E-state index in [-0.39, 0.29) is 0 Å². The molecule has 0 saturated heterocycles. The molecule has 0 heteroatoms. The number of unbranched alkanes of at least 4 members (excludes halogenated alkanes) is 2. The summed E-state index contributed by atoms with van der Waals surface area (Å²) in [6.07, 6.45) is 14.8. The van der Waals surface area contributed by atoms with Crippen LogP contribution in [-0.4, -0.2) is 0 Å². The maximum Gasteiger partial charge on any atom is -0.0326 e. The predicted octanol–water partition coefficient (Wildman–Crippen LogP) is 5.56. The molecule has 90 valence electrons. The molecule has 0 spiro atoms. The molecule has 0 atom stereocenters. The minimum absolute atomic E-state index is 0.718. The molecule has 0 heterocycles. The van der Waals surface area contributed by atoms with E-state index in [0.717, 1.165) is 11.3 Å². The molecule has 1 aliphatic rings. The van der Waals surface area contributed by atoms with Gasteiger partial charge >= 0.3 is 0 Å².